The molecule has 1 heterocycles. The van der Waals surface area contributed by atoms with Crippen LogP contribution in [0.4, 0.5) is 5.69 Å². The van der Waals surface area contributed by atoms with Crippen molar-refractivity contribution >= 4 is 29.1 Å². The summed E-state index contributed by atoms with van der Waals surface area (Å²) in [7, 11) is 0. The van der Waals surface area contributed by atoms with Crippen LogP contribution in [0.15, 0.2) is 32.9 Å². The molecule has 2 N–H and O–H groups in total. The summed E-state index contributed by atoms with van der Waals surface area (Å²) in [6.07, 6.45) is 1.62. The minimum atomic E-state index is 0.552. The SMILES string of the molecule is Cc1coc(Sc2cc(Cl)c(N)cc2C)n1. The van der Waals surface area contributed by atoms with Gasteiger partial charge in [0, 0.05) is 4.90 Å². The van der Waals surface area contributed by atoms with E-state index >= 15 is 0 Å². The van der Waals surface area contributed by atoms with Gasteiger partial charge in [-0.2, -0.15) is 0 Å². The Kier molecular flexibility index (Phi) is 3.12. The highest BCUT2D eigenvalue weighted by Gasteiger charge is 2.08. The van der Waals surface area contributed by atoms with Crippen molar-refractivity contribution < 1.29 is 4.42 Å². The van der Waals surface area contributed by atoms with Crippen molar-refractivity contribution in [1.29, 1.82) is 0 Å². The Balaban J connectivity index is 2.31. The van der Waals surface area contributed by atoms with Gasteiger partial charge in [-0.25, -0.2) is 4.98 Å². The summed E-state index contributed by atoms with van der Waals surface area (Å²) in [6.45, 7) is 3.86. The lowest BCUT2D eigenvalue weighted by Gasteiger charge is -2.05. The minimum absolute atomic E-state index is 0.552. The zero-order chi connectivity index (χ0) is 11.7. The fourth-order valence-electron chi connectivity index (χ4n) is 1.27. The van der Waals surface area contributed by atoms with Crippen molar-refractivity contribution in [2.45, 2.75) is 24.0 Å². The smallest absolute Gasteiger partial charge is 0.260 e. The first-order valence-electron chi connectivity index (χ1n) is 4.72. The van der Waals surface area contributed by atoms with Gasteiger partial charge in [-0.3, -0.25) is 0 Å². The minimum Gasteiger partial charge on any atom is -0.439 e. The van der Waals surface area contributed by atoms with Crippen molar-refractivity contribution in [2.75, 3.05) is 5.73 Å². The van der Waals surface area contributed by atoms with Crippen LogP contribution in [-0.4, -0.2) is 4.98 Å². The molecule has 0 amide bonds. The lowest BCUT2D eigenvalue weighted by molar-refractivity contribution is 0.454. The Morgan fingerprint density at radius 2 is 2.12 bits per heavy atom. The number of nitrogen functional groups attached to an aromatic ring is 1. The molecule has 3 nitrogen and oxygen atoms in total. The number of hydrogen-bond acceptors (Lipinski definition) is 4. The largest absolute Gasteiger partial charge is 0.439 e. The number of nitrogens with zero attached hydrogens (tertiary/aromatic N) is 1. The van der Waals surface area contributed by atoms with Crippen LogP contribution >= 0.6 is 23.4 Å². The molecule has 0 atom stereocenters. The van der Waals surface area contributed by atoms with Crippen LogP contribution in [0.5, 0.6) is 0 Å². The molecule has 0 aliphatic carbocycles. The molecule has 0 aliphatic rings. The second-order valence-electron chi connectivity index (χ2n) is 3.50. The molecule has 16 heavy (non-hydrogen) atoms. The zero-order valence-electron chi connectivity index (χ0n) is 8.95. The molecule has 84 valence electrons. The number of aryl methyl sites for hydroxylation is 2. The monoisotopic (exact) mass is 254 g/mol. The van der Waals surface area contributed by atoms with E-state index in [0.717, 1.165) is 16.2 Å². The normalized spacial score (nSPS) is 10.7. The Morgan fingerprint density at radius 3 is 2.75 bits per heavy atom. The van der Waals surface area contributed by atoms with Crippen LogP contribution < -0.4 is 5.73 Å². The van der Waals surface area contributed by atoms with Gasteiger partial charge in [-0.05, 0) is 43.3 Å². The molecule has 0 spiro atoms. The molecule has 0 fully saturated rings. The van der Waals surface area contributed by atoms with Gasteiger partial charge in [0.1, 0.15) is 6.26 Å². The molecule has 0 aliphatic heterocycles. The van der Waals surface area contributed by atoms with Gasteiger partial charge >= 0.3 is 0 Å². The average molecular weight is 255 g/mol. The van der Waals surface area contributed by atoms with Crippen LogP contribution in [0, 0.1) is 13.8 Å². The van der Waals surface area contributed by atoms with Gasteiger partial charge in [-0.15, -0.1) is 0 Å². The van der Waals surface area contributed by atoms with Gasteiger partial charge in [0.2, 0.25) is 0 Å². The first-order valence-corrected chi connectivity index (χ1v) is 5.91. The van der Waals surface area contributed by atoms with Gasteiger partial charge < -0.3 is 10.2 Å². The third-order valence-electron chi connectivity index (χ3n) is 2.09. The lowest BCUT2D eigenvalue weighted by atomic mass is 10.2. The van der Waals surface area contributed by atoms with E-state index in [4.69, 9.17) is 21.8 Å². The van der Waals surface area contributed by atoms with E-state index in [0.29, 0.717) is 15.9 Å². The van der Waals surface area contributed by atoms with E-state index in [9.17, 15) is 0 Å². The van der Waals surface area contributed by atoms with Crippen molar-refractivity contribution in [3.63, 3.8) is 0 Å². The fourth-order valence-corrected chi connectivity index (χ4v) is 2.37. The van der Waals surface area contributed by atoms with Gasteiger partial charge in [-0.1, -0.05) is 11.6 Å². The standard InChI is InChI=1S/C11H11ClN2OS/c1-6-3-9(13)8(12)4-10(6)16-11-14-7(2)5-15-11/h3-5H,13H2,1-2H3. The van der Waals surface area contributed by atoms with Crippen molar-refractivity contribution in [1.82, 2.24) is 4.98 Å². The average Bonchev–Trinajstić information content (AvgIpc) is 2.60. The number of anilines is 1. The summed E-state index contributed by atoms with van der Waals surface area (Å²) in [5.74, 6) is 0. The maximum absolute atomic E-state index is 5.97. The van der Waals surface area contributed by atoms with E-state index < -0.39 is 0 Å². The maximum atomic E-state index is 5.97. The van der Waals surface area contributed by atoms with E-state index in [1.165, 1.54) is 11.8 Å². The number of rotatable bonds is 2. The quantitative estimate of drug-likeness (QED) is 0.831. The number of halogens is 1. The van der Waals surface area contributed by atoms with Gasteiger partial charge in [0.05, 0.1) is 16.4 Å². The second kappa shape index (κ2) is 4.39. The van der Waals surface area contributed by atoms with E-state index in [2.05, 4.69) is 4.98 Å². The maximum Gasteiger partial charge on any atom is 0.260 e. The zero-order valence-corrected chi connectivity index (χ0v) is 10.5. The van der Waals surface area contributed by atoms with Crippen molar-refractivity contribution in [2.24, 2.45) is 0 Å². The Labute approximate surface area is 103 Å². The summed E-state index contributed by atoms with van der Waals surface area (Å²) in [5.41, 5.74) is 8.22. The van der Waals surface area contributed by atoms with Crippen LogP contribution in [0.1, 0.15) is 11.3 Å². The summed E-state index contributed by atoms with van der Waals surface area (Å²) in [5, 5.41) is 1.16. The molecule has 2 aromatic rings. The molecule has 0 bridgehead atoms. The molecule has 0 unspecified atom stereocenters. The van der Waals surface area contributed by atoms with E-state index in [1.54, 1.807) is 6.26 Å². The topological polar surface area (TPSA) is 52.0 Å². The Hall–Kier alpha value is -1.13. The third-order valence-corrected chi connectivity index (χ3v) is 3.44. The van der Waals surface area contributed by atoms with Crippen molar-refractivity contribution in [3.05, 3.63) is 34.7 Å². The Morgan fingerprint density at radius 1 is 1.38 bits per heavy atom. The number of aromatic nitrogens is 1. The number of nitrogens with two attached hydrogens (primary N) is 1. The van der Waals surface area contributed by atoms with Crippen LogP contribution in [0.3, 0.4) is 0 Å². The molecule has 0 radical (unpaired) electrons. The highest BCUT2D eigenvalue weighted by atomic mass is 35.5. The lowest BCUT2D eigenvalue weighted by Crippen LogP contribution is -1.89. The first-order chi connectivity index (χ1) is 7.56. The van der Waals surface area contributed by atoms with Gasteiger partial charge in [0.15, 0.2) is 0 Å². The summed E-state index contributed by atoms with van der Waals surface area (Å²) in [4.78, 5) is 5.22. The molecule has 1 aromatic carbocycles. The highest BCUT2D eigenvalue weighted by Crippen LogP contribution is 2.34. The fraction of sp³-hybridized carbons (Fsp3) is 0.182. The molecule has 0 saturated heterocycles. The van der Waals surface area contributed by atoms with Crippen LogP contribution in [0.25, 0.3) is 0 Å². The summed E-state index contributed by atoms with van der Waals surface area (Å²) < 4.78 is 5.27. The number of oxazole rings is 1. The van der Waals surface area contributed by atoms with Crippen molar-refractivity contribution in [3.8, 4) is 0 Å². The predicted molar refractivity (Wildman–Crippen MR) is 66.0 cm³/mol. The molecule has 5 heteroatoms. The molecular formula is C11H11ClN2OS. The van der Waals surface area contributed by atoms with E-state index in [1.807, 2.05) is 26.0 Å². The third kappa shape index (κ3) is 2.33. The second-order valence-corrected chi connectivity index (χ2v) is 4.90. The first kappa shape index (κ1) is 11.4. The van der Waals surface area contributed by atoms with Crippen LogP contribution in [0.2, 0.25) is 5.02 Å². The molecule has 1 aromatic heterocycles. The number of hydrogen-bond donors (Lipinski definition) is 1. The summed E-state index contributed by atoms with van der Waals surface area (Å²) >= 11 is 7.41. The van der Waals surface area contributed by atoms with E-state index in [-0.39, 0.29) is 0 Å². The Bertz CT molecular complexity index is 525. The summed E-state index contributed by atoms with van der Waals surface area (Å²) in [6, 6.07) is 3.68. The number of benzene rings is 1. The predicted octanol–water partition coefficient (Wildman–Crippen LogP) is 3.68. The highest BCUT2D eigenvalue weighted by molar-refractivity contribution is 7.99. The van der Waals surface area contributed by atoms with Gasteiger partial charge in [0.25, 0.3) is 5.22 Å². The van der Waals surface area contributed by atoms with Crippen LogP contribution in [-0.2, 0) is 0 Å². The molecule has 0 saturated carbocycles. The molecular weight excluding hydrogens is 244 g/mol. The molecule has 2 rings (SSSR count).